The first-order chi connectivity index (χ1) is 14.1. The van der Waals surface area contributed by atoms with E-state index < -0.39 is 0 Å². The fraction of sp³-hybridized carbons (Fsp3) is 0.200. The molecular weight excluding hydrogens is 411 g/mol. The van der Waals surface area contributed by atoms with Gasteiger partial charge in [-0.05, 0) is 54.6 Å². The molecule has 0 unspecified atom stereocenters. The Balaban J connectivity index is 1.56. The van der Waals surface area contributed by atoms with Crippen molar-refractivity contribution in [2.24, 2.45) is 0 Å². The average molecular weight is 427 g/mol. The highest BCUT2D eigenvalue weighted by Gasteiger charge is 2.23. The summed E-state index contributed by atoms with van der Waals surface area (Å²) < 4.78 is 7.65. The third kappa shape index (κ3) is 4.74. The van der Waals surface area contributed by atoms with Crippen LogP contribution in [0, 0.1) is 11.3 Å². The molecule has 1 saturated heterocycles. The lowest BCUT2D eigenvalue weighted by Gasteiger charge is -2.15. The molecule has 3 heterocycles. The van der Waals surface area contributed by atoms with Crippen molar-refractivity contribution in [2.75, 3.05) is 18.4 Å². The Morgan fingerprint density at radius 2 is 2.03 bits per heavy atom. The predicted octanol–water partition coefficient (Wildman–Crippen LogP) is 4.41. The van der Waals surface area contributed by atoms with Gasteiger partial charge in [0.15, 0.2) is 0 Å². The molecule has 4 rings (SSSR count). The molecule has 29 heavy (non-hydrogen) atoms. The van der Waals surface area contributed by atoms with E-state index in [4.69, 9.17) is 28.1 Å². The molecule has 0 amide bonds. The van der Waals surface area contributed by atoms with E-state index in [1.807, 2.05) is 6.07 Å². The zero-order chi connectivity index (χ0) is 20.2. The number of hydrogen-bond donors (Lipinski definition) is 1. The molecular formula is C20H16Cl2N6O. The second-order valence-corrected chi connectivity index (χ2v) is 7.34. The number of pyridine rings is 1. The SMILES string of the molecule is N#Cc1cc(-c2ccnc(Nc3ccnc(Cl)c3)n2)ccc1O[C@@H]1CCN(Cl)C1. The second-order valence-electron chi connectivity index (χ2n) is 6.48. The van der Waals surface area contributed by atoms with Crippen molar-refractivity contribution in [1.82, 2.24) is 19.4 Å². The van der Waals surface area contributed by atoms with Crippen LogP contribution in [0.5, 0.6) is 5.75 Å². The number of ether oxygens (including phenoxy) is 1. The van der Waals surface area contributed by atoms with E-state index in [1.54, 1.807) is 47.1 Å². The molecule has 1 aliphatic heterocycles. The van der Waals surface area contributed by atoms with Crippen molar-refractivity contribution in [1.29, 1.82) is 5.26 Å². The summed E-state index contributed by atoms with van der Waals surface area (Å²) in [6.07, 6.45) is 4.06. The molecule has 1 aromatic carbocycles. The summed E-state index contributed by atoms with van der Waals surface area (Å²) in [5, 5.41) is 13.0. The highest BCUT2D eigenvalue weighted by atomic mass is 35.5. The van der Waals surface area contributed by atoms with Crippen LogP contribution in [0.4, 0.5) is 11.6 Å². The molecule has 9 heteroatoms. The van der Waals surface area contributed by atoms with Crippen LogP contribution in [-0.2, 0) is 0 Å². The lowest BCUT2D eigenvalue weighted by Crippen LogP contribution is -2.19. The Kier molecular flexibility index (Phi) is 5.76. The number of nitrogens with one attached hydrogen (secondary N) is 1. The monoisotopic (exact) mass is 426 g/mol. The molecule has 0 radical (unpaired) electrons. The number of hydrogen-bond acceptors (Lipinski definition) is 7. The summed E-state index contributed by atoms with van der Waals surface area (Å²) in [7, 11) is 0. The van der Waals surface area contributed by atoms with Gasteiger partial charge in [-0.1, -0.05) is 11.6 Å². The van der Waals surface area contributed by atoms with E-state index in [1.165, 1.54) is 0 Å². The van der Waals surface area contributed by atoms with Crippen molar-refractivity contribution in [2.45, 2.75) is 12.5 Å². The van der Waals surface area contributed by atoms with Gasteiger partial charge in [-0.3, -0.25) is 0 Å². The Bertz CT molecular complexity index is 1070. The smallest absolute Gasteiger partial charge is 0.227 e. The van der Waals surface area contributed by atoms with Gasteiger partial charge in [-0.25, -0.2) is 19.4 Å². The third-order valence-electron chi connectivity index (χ3n) is 4.42. The van der Waals surface area contributed by atoms with Gasteiger partial charge >= 0.3 is 0 Å². The van der Waals surface area contributed by atoms with Crippen LogP contribution < -0.4 is 10.1 Å². The third-order valence-corrected chi connectivity index (χ3v) is 4.94. The number of benzene rings is 1. The molecule has 2 aromatic heterocycles. The van der Waals surface area contributed by atoms with E-state index >= 15 is 0 Å². The normalized spacial score (nSPS) is 16.4. The standard InChI is InChI=1S/C20H16Cl2N6O/c21-19-10-15(3-6-24-19)26-20-25-7-4-17(27-20)13-1-2-18(14(9-13)11-23)29-16-5-8-28(22)12-16/h1-4,6-7,9-10,16H,5,8,12H2,(H,24,25,26,27)/t16-/m1/s1. The zero-order valence-electron chi connectivity index (χ0n) is 15.2. The van der Waals surface area contributed by atoms with E-state index in [2.05, 4.69) is 26.3 Å². The molecule has 146 valence electrons. The minimum atomic E-state index is -0.0208. The molecule has 0 aliphatic carbocycles. The van der Waals surface area contributed by atoms with Crippen LogP contribution in [0.2, 0.25) is 5.15 Å². The molecule has 1 atom stereocenters. The minimum absolute atomic E-state index is 0.0208. The summed E-state index contributed by atoms with van der Waals surface area (Å²) in [4.78, 5) is 12.7. The first-order valence-corrected chi connectivity index (χ1v) is 9.66. The first-order valence-electron chi connectivity index (χ1n) is 8.94. The molecule has 0 bridgehead atoms. The lowest BCUT2D eigenvalue weighted by atomic mass is 10.1. The van der Waals surface area contributed by atoms with Gasteiger partial charge in [0.05, 0.1) is 17.8 Å². The summed E-state index contributed by atoms with van der Waals surface area (Å²) in [6, 6.07) is 12.9. The van der Waals surface area contributed by atoms with Crippen LogP contribution in [-0.4, -0.2) is 38.6 Å². The van der Waals surface area contributed by atoms with E-state index in [0.717, 1.165) is 24.2 Å². The van der Waals surface area contributed by atoms with Crippen LogP contribution in [0.3, 0.4) is 0 Å². The fourth-order valence-electron chi connectivity index (χ4n) is 3.03. The van der Waals surface area contributed by atoms with E-state index in [9.17, 15) is 5.26 Å². The van der Waals surface area contributed by atoms with Gasteiger partial charge in [0.1, 0.15) is 23.1 Å². The van der Waals surface area contributed by atoms with Crippen LogP contribution >= 0.6 is 23.4 Å². The summed E-state index contributed by atoms with van der Waals surface area (Å²) in [5.74, 6) is 0.962. The number of rotatable bonds is 5. The zero-order valence-corrected chi connectivity index (χ0v) is 16.7. The highest BCUT2D eigenvalue weighted by molar-refractivity contribution is 6.29. The van der Waals surface area contributed by atoms with Gasteiger partial charge in [0, 0.05) is 30.2 Å². The van der Waals surface area contributed by atoms with Gasteiger partial charge < -0.3 is 10.1 Å². The average Bonchev–Trinajstić information content (AvgIpc) is 3.13. The number of aromatic nitrogens is 3. The quantitative estimate of drug-likeness (QED) is 0.477. The molecule has 0 saturated carbocycles. The van der Waals surface area contributed by atoms with Crippen LogP contribution in [0.15, 0.2) is 48.8 Å². The predicted molar refractivity (Wildman–Crippen MR) is 111 cm³/mol. The molecule has 0 spiro atoms. The van der Waals surface area contributed by atoms with Crippen LogP contribution in [0.25, 0.3) is 11.3 Å². The van der Waals surface area contributed by atoms with Gasteiger partial charge in [0.2, 0.25) is 5.95 Å². The number of nitriles is 1. The Hall–Kier alpha value is -2.92. The lowest BCUT2D eigenvalue weighted by molar-refractivity contribution is 0.215. The van der Waals surface area contributed by atoms with E-state index in [-0.39, 0.29) is 6.10 Å². The minimum Gasteiger partial charge on any atom is -0.488 e. The second kappa shape index (κ2) is 8.62. The number of anilines is 2. The van der Waals surface area contributed by atoms with Crippen molar-refractivity contribution in [3.05, 3.63) is 59.5 Å². The van der Waals surface area contributed by atoms with E-state index in [0.29, 0.717) is 34.7 Å². The Morgan fingerprint density at radius 3 is 2.79 bits per heavy atom. The van der Waals surface area contributed by atoms with Crippen LogP contribution in [0.1, 0.15) is 12.0 Å². The summed E-state index contributed by atoms with van der Waals surface area (Å²) >= 11 is 11.9. The topological polar surface area (TPSA) is 87.0 Å². The molecule has 1 N–H and O–H groups in total. The van der Waals surface area contributed by atoms with Gasteiger partial charge in [-0.15, -0.1) is 0 Å². The van der Waals surface area contributed by atoms with Crippen molar-refractivity contribution in [3.63, 3.8) is 0 Å². The number of nitrogens with zero attached hydrogens (tertiary/aromatic N) is 5. The summed E-state index contributed by atoms with van der Waals surface area (Å²) in [5.41, 5.74) is 2.65. The molecule has 1 fully saturated rings. The Labute approximate surface area is 178 Å². The molecule has 1 aliphatic rings. The highest BCUT2D eigenvalue weighted by Crippen LogP contribution is 2.28. The maximum atomic E-state index is 9.56. The summed E-state index contributed by atoms with van der Waals surface area (Å²) in [6.45, 7) is 1.40. The first kappa shape index (κ1) is 19.4. The Morgan fingerprint density at radius 1 is 1.17 bits per heavy atom. The fourth-order valence-corrected chi connectivity index (χ4v) is 3.46. The maximum absolute atomic E-state index is 9.56. The van der Waals surface area contributed by atoms with Crippen molar-refractivity contribution in [3.8, 4) is 23.1 Å². The van der Waals surface area contributed by atoms with Gasteiger partial charge in [0.25, 0.3) is 0 Å². The van der Waals surface area contributed by atoms with Gasteiger partial charge in [-0.2, -0.15) is 5.26 Å². The molecule has 7 nitrogen and oxygen atoms in total. The number of halogens is 2. The largest absolute Gasteiger partial charge is 0.488 e. The maximum Gasteiger partial charge on any atom is 0.227 e. The van der Waals surface area contributed by atoms with Crippen molar-refractivity contribution >= 4 is 35.0 Å². The van der Waals surface area contributed by atoms with Crippen molar-refractivity contribution < 1.29 is 4.74 Å². The molecule has 3 aromatic rings.